The van der Waals surface area contributed by atoms with Gasteiger partial charge in [0.05, 0.1) is 5.56 Å². The molecule has 0 atom stereocenters. The van der Waals surface area contributed by atoms with Crippen LogP contribution in [0.25, 0.3) is 0 Å². The summed E-state index contributed by atoms with van der Waals surface area (Å²) in [7, 11) is 4.04. The van der Waals surface area contributed by atoms with E-state index in [9.17, 15) is 4.79 Å². The molecule has 94 valence electrons. The number of anilines is 1. The molecular weight excluding hydrogens is 216 g/mol. The van der Waals surface area contributed by atoms with Crippen LogP contribution >= 0.6 is 0 Å². The Morgan fingerprint density at radius 1 is 1.41 bits per heavy atom. The van der Waals surface area contributed by atoms with Gasteiger partial charge in [-0.15, -0.1) is 0 Å². The summed E-state index contributed by atoms with van der Waals surface area (Å²) in [5.41, 5.74) is 0.588. The van der Waals surface area contributed by atoms with Crippen LogP contribution in [0.4, 0.5) is 5.82 Å². The molecule has 1 rings (SSSR count). The van der Waals surface area contributed by atoms with E-state index in [1.54, 1.807) is 12.3 Å². The maximum Gasteiger partial charge on any atom is 0.252 e. The molecule has 5 heteroatoms. The zero-order valence-corrected chi connectivity index (χ0v) is 10.7. The topological polar surface area (TPSA) is 57.3 Å². The standard InChI is InChI=1S/C12H20N4O/c1-4-13-12(17)10-5-6-11(15-9-10)14-7-8-16(2)3/h5-6,9H,4,7-8H2,1-3H3,(H,13,17)(H,14,15). The normalized spacial score (nSPS) is 10.4. The van der Waals surface area contributed by atoms with Crippen LogP contribution in [0.2, 0.25) is 0 Å². The van der Waals surface area contributed by atoms with Gasteiger partial charge in [-0.2, -0.15) is 0 Å². The molecule has 0 spiro atoms. The highest BCUT2D eigenvalue weighted by Gasteiger charge is 2.03. The van der Waals surface area contributed by atoms with Gasteiger partial charge >= 0.3 is 0 Å². The number of likely N-dealkylation sites (N-methyl/N-ethyl adjacent to an activating group) is 1. The Morgan fingerprint density at radius 3 is 2.71 bits per heavy atom. The Bertz CT molecular complexity index is 348. The van der Waals surface area contributed by atoms with Crippen LogP contribution in [-0.2, 0) is 0 Å². The lowest BCUT2D eigenvalue weighted by molar-refractivity contribution is 0.0955. The molecule has 0 aromatic carbocycles. The van der Waals surface area contributed by atoms with Crippen molar-refractivity contribution in [2.45, 2.75) is 6.92 Å². The summed E-state index contributed by atoms with van der Waals surface area (Å²) in [5, 5.41) is 5.92. The van der Waals surface area contributed by atoms with E-state index >= 15 is 0 Å². The fourth-order valence-electron chi connectivity index (χ4n) is 1.30. The maximum atomic E-state index is 11.5. The van der Waals surface area contributed by atoms with Gasteiger partial charge in [-0.1, -0.05) is 0 Å². The largest absolute Gasteiger partial charge is 0.369 e. The molecule has 0 radical (unpaired) electrons. The number of nitrogens with zero attached hydrogens (tertiary/aromatic N) is 2. The summed E-state index contributed by atoms with van der Waals surface area (Å²) in [6, 6.07) is 3.59. The quantitative estimate of drug-likeness (QED) is 0.767. The predicted molar refractivity (Wildman–Crippen MR) is 69.3 cm³/mol. The lowest BCUT2D eigenvalue weighted by Gasteiger charge is -2.10. The summed E-state index contributed by atoms with van der Waals surface area (Å²) in [4.78, 5) is 17.8. The van der Waals surface area contributed by atoms with Crippen LogP contribution in [-0.4, -0.2) is 49.5 Å². The Hall–Kier alpha value is -1.62. The van der Waals surface area contributed by atoms with E-state index in [0.29, 0.717) is 12.1 Å². The molecular formula is C12H20N4O. The smallest absolute Gasteiger partial charge is 0.252 e. The SMILES string of the molecule is CCNC(=O)c1ccc(NCCN(C)C)nc1. The van der Waals surface area contributed by atoms with Gasteiger partial charge in [-0.05, 0) is 33.2 Å². The number of rotatable bonds is 6. The average Bonchev–Trinajstić information content (AvgIpc) is 2.30. The third kappa shape index (κ3) is 4.82. The predicted octanol–water partition coefficient (Wildman–Crippen LogP) is 0.805. The molecule has 17 heavy (non-hydrogen) atoms. The molecule has 0 bridgehead atoms. The molecule has 0 saturated heterocycles. The lowest BCUT2D eigenvalue weighted by atomic mass is 10.2. The van der Waals surface area contributed by atoms with Gasteiger partial charge in [-0.3, -0.25) is 4.79 Å². The number of carbonyl (C=O) groups is 1. The maximum absolute atomic E-state index is 11.5. The number of pyridine rings is 1. The van der Waals surface area contributed by atoms with Gasteiger partial charge in [0.15, 0.2) is 0 Å². The zero-order chi connectivity index (χ0) is 12.7. The Balaban J connectivity index is 2.47. The first kappa shape index (κ1) is 13.4. The van der Waals surface area contributed by atoms with Gasteiger partial charge in [0.2, 0.25) is 0 Å². The first-order valence-electron chi connectivity index (χ1n) is 5.76. The number of nitrogens with one attached hydrogen (secondary N) is 2. The van der Waals surface area contributed by atoms with Crippen LogP contribution in [0.15, 0.2) is 18.3 Å². The minimum absolute atomic E-state index is 0.0835. The minimum Gasteiger partial charge on any atom is -0.369 e. The molecule has 1 amide bonds. The number of hydrogen-bond acceptors (Lipinski definition) is 4. The molecule has 2 N–H and O–H groups in total. The van der Waals surface area contributed by atoms with Crippen molar-refractivity contribution in [2.75, 3.05) is 39.0 Å². The van der Waals surface area contributed by atoms with E-state index < -0.39 is 0 Å². The summed E-state index contributed by atoms with van der Waals surface area (Å²) in [6.07, 6.45) is 1.59. The highest BCUT2D eigenvalue weighted by molar-refractivity contribution is 5.93. The molecule has 0 saturated carbocycles. The van der Waals surface area contributed by atoms with Crippen LogP contribution < -0.4 is 10.6 Å². The van der Waals surface area contributed by atoms with E-state index in [-0.39, 0.29) is 5.91 Å². The van der Waals surface area contributed by atoms with Gasteiger partial charge in [0.1, 0.15) is 5.82 Å². The average molecular weight is 236 g/mol. The van der Waals surface area contributed by atoms with Crippen molar-refractivity contribution in [3.8, 4) is 0 Å². The summed E-state index contributed by atoms with van der Waals surface area (Å²) in [5.74, 6) is 0.708. The van der Waals surface area contributed by atoms with E-state index in [1.807, 2.05) is 27.1 Å². The third-order valence-corrected chi connectivity index (χ3v) is 2.23. The van der Waals surface area contributed by atoms with Crippen molar-refractivity contribution in [1.29, 1.82) is 0 Å². The van der Waals surface area contributed by atoms with Crippen LogP contribution in [0, 0.1) is 0 Å². The second-order valence-corrected chi connectivity index (χ2v) is 4.02. The molecule has 0 aliphatic carbocycles. The number of aromatic nitrogens is 1. The van der Waals surface area contributed by atoms with E-state index in [0.717, 1.165) is 18.9 Å². The zero-order valence-electron chi connectivity index (χ0n) is 10.7. The molecule has 0 aliphatic rings. The second-order valence-electron chi connectivity index (χ2n) is 4.02. The van der Waals surface area contributed by atoms with Crippen LogP contribution in [0.3, 0.4) is 0 Å². The van der Waals surface area contributed by atoms with Gasteiger partial charge in [0.25, 0.3) is 5.91 Å². The minimum atomic E-state index is -0.0835. The fraction of sp³-hybridized carbons (Fsp3) is 0.500. The van der Waals surface area contributed by atoms with Gasteiger partial charge in [0, 0.05) is 25.8 Å². The molecule has 0 aliphatic heterocycles. The Morgan fingerprint density at radius 2 is 2.18 bits per heavy atom. The first-order chi connectivity index (χ1) is 8.13. The molecule has 0 fully saturated rings. The van der Waals surface area contributed by atoms with Crippen molar-refractivity contribution in [3.63, 3.8) is 0 Å². The van der Waals surface area contributed by atoms with E-state index in [2.05, 4.69) is 20.5 Å². The van der Waals surface area contributed by atoms with Crippen molar-refractivity contribution >= 4 is 11.7 Å². The third-order valence-electron chi connectivity index (χ3n) is 2.23. The fourth-order valence-corrected chi connectivity index (χ4v) is 1.30. The molecule has 1 aromatic heterocycles. The van der Waals surface area contributed by atoms with Crippen molar-refractivity contribution in [2.24, 2.45) is 0 Å². The van der Waals surface area contributed by atoms with Crippen molar-refractivity contribution < 1.29 is 4.79 Å². The highest BCUT2D eigenvalue weighted by Crippen LogP contribution is 2.04. The molecule has 5 nitrogen and oxygen atoms in total. The molecule has 1 heterocycles. The summed E-state index contributed by atoms with van der Waals surface area (Å²) >= 11 is 0. The first-order valence-corrected chi connectivity index (χ1v) is 5.76. The van der Waals surface area contributed by atoms with Gasteiger partial charge in [-0.25, -0.2) is 4.98 Å². The van der Waals surface area contributed by atoms with Crippen LogP contribution in [0.5, 0.6) is 0 Å². The highest BCUT2D eigenvalue weighted by atomic mass is 16.1. The number of amides is 1. The summed E-state index contributed by atoms with van der Waals surface area (Å²) in [6.45, 7) is 4.30. The van der Waals surface area contributed by atoms with E-state index in [4.69, 9.17) is 0 Å². The second kappa shape index (κ2) is 6.85. The van der Waals surface area contributed by atoms with Crippen molar-refractivity contribution in [3.05, 3.63) is 23.9 Å². The summed E-state index contributed by atoms with van der Waals surface area (Å²) < 4.78 is 0. The lowest BCUT2D eigenvalue weighted by Crippen LogP contribution is -2.23. The number of hydrogen-bond donors (Lipinski definition) is 2. The Labute approximate surface area is 102 Å². The van der Waals surface area contributed by atoms with Crippen molar-refractivity contribution in [1.82, 2.24) is 15.2 Å². The van der Waals surface area contributed by atoms with E-state index in [1.165, 1.54) is 0 Å². The van der Waals surface area contributed by atoms with Gasteiger partial charge < -0.3 is 15.5 Å². The molecule has 1 aromatic rings. The monoisotopic (exact) mass is 236 g/mol. The molecule has 0 unspecified atom stereocenters. The Kier molecular flexibility index (Phi) is 5.42. The number of carbonyl (C=O) groups excluding carboxylic acids is 1. The van der Waals surface area contributed by atoms with Crippen LogP contribution in [0.1, 0.15) is 17.3 Å².